The Morgan fingerprint density at radius 1 is 0.821 bits per heavy atom. The van der Waals surface area contributed by atoms with Crippen LogP contribution in [0.1, 0.15) is 10.4 Å². The molecule has 0 unspecified atom stereocenters. The van der Waals surface area contributed by atoms with E-state index in [-0.39, 0.29) is 5.78 Å². The van der Waals surface area contributed by atoms with Gasteiger partial charge in [-0.05, 0) is 12.1 Å². The Labute approximate surface area is 163 Å². The van der Waals surface area contributed by atoms with Crippen molar-refractivity contribution in [3.8, 4) is 16.9 Å². The molecule has 0 amide bonds. The minimum absolute atomic E-state index is 0.0536. The van der Waals surface area contributed by atoms with E-state index in [0.29, 0.717) is 5.56 Å². The van der Waals surface area contributed by atoms with Crippen LogP contribution in [0.5, 0.6) is 0 Å². The summed E-state index contributed by atoms with van der Waals surface area (Å²) in [4.78, 5) is 12.3. The number of rotatable bonds is 6. The van der Waals surface area contributed by atoms with Crippen molar-refractivity contribution in [3.05, 3.63) is 115 Å². The highest BCUT2D eigenvalue weighted by Gasteiger charge is 2.10. The van der Waals surface area contributed by atoms with E-state index >= 15 is 0 Å². The lowest BCUT2D eigenvalue weighted by Gasteiger charge is -2.06. The molecule has 3 aromatic carbocycles. The summed E-state index contributed by atoms with van der Waals surface area (Å²) in [6.07, 6.45) is 3.18. The molecule has 0 spiro atoms. The molecule has 4 rings (SSSR count). The average molecular weight is 365 g/mol. The van der Waals surface area contributed by atoms with Crippen molar-refractivity contribution in [2.45, 2.75) is 0 Å². The molecular weight excluding hydrogens is 346 g/mol. The van der Waals surface area contributed by atoms with Gasteiger partial charge >= 0.3 is 0 Å². The van der Waals surface area contributed by atoms with Crippen LogP contribution in [0.3, 0.4) is 0 Å². The van der Waals surface area contributed by atoms with E-state index < -0.39 is 0 Å². The van der Waals surface area contributed by atoms with Crippen LogP contribution in [0.2, 0.25) is 0 Å². The van der Waals surface area contributed by atoms with E-state index in [1.165, 1.54) is 6.08 Å². The molecule has 0 fully saturated rings. The molecule has 0 aliphatic carbocycles. The van der Waals surface area contributed by atoms with Crippen LogP contribution in [-0.4, -0.2) is 15.6 Å². The summed E-state index contributed by atoms with van der Waals surface area (Å²) in [5.74, 6) is 0.726. The maximum Gasteiger partial charge on any atom is 0.187 e. The molecule has 0 aliphatic rings. The minimum atomic E-state index is -0.0536. The van der Waals surface area contributed by atoms with E-state index in [0.717, 1.165) is 22.8 Å². The number of ketones is 1. The maximum absolute atomic E-state index is 12.3. The molecular formula is C24H19N3O. The second-order valence-electron chi connectivity index (χ2n) is 6.24. The largest absolute Gasteiger partial charge is 0.346 e. The van der Waals surface area contributed by atoms with Crippen LogP contribution >= 0.6 is 0 Å². The standard InChI is InChI=1S/C24H19N3O/c28-23(20-12-6-2-7-13-20)16-17-25-24-18-22(19-10-4-1-5-11-19)26-27(24)21-14-8-3-9-15-21/h1-18,25H. The van der Waals surface area contributed by atoms with Crippen LogP contribution in [0.25, 0.3) is 16.9 Å². The first-order valence-corrected chi connectivity index (χ1v) is 9.05. The summed E-state index contributed by atoms with van der Waals surface area (Å²) in [6, 6.07) is 31.1. The monoisotopic (exact) mass is 365 g/mol. The van der Waals surface area contributed by atoms with Crippen molar-refractivity contribution in [2.24, 2.45) is 0 Å². The molecule has 0 saturated carbocycles. The van der Waals surface area contributed by atoms with Crippen molar-refractivity contribution in [3.63, 3.8) is 0 Å². The highest BCUT2D eigenvalue weighted by Crippen LogP contribution is 2.24. The molecule has 136 valence electrons. The molecule has 0 saturated heterocycles. The molecule has 0 aliphatic heterocycles. The SMILES string of the molecule is O=C(C=CNc1cc(-c2ccccc2)nn1-c1ccccc1)c1ccccc1. The van der Waals surface area contributed by atoms with E-state index in [1.54, 1.807) is 18.3 Å². The Kier molecular flexibility index (Phi) is 5.11. The number of hydrogen-bond donors (Lipinski definition) is 1. The van der Waals surface area contributed by atoms with Gasteiger partial charge in [0.2, 0.25) is 0 Å². The highest BCUT2D eigenvalue weighted by atomic mass is 16.1. The summed E-state index contributed by atoms with van der Waals surface area (Å²) in [7, 11) is 0. The lowest BCUT2D eigenvalue weighted by atomic mass is 10.1. The summed E-state index contributed by atoms with van der Waals surface area (Å²) in [5.41, 5.74) is 3.48. The van der Waals surface area contributed by atoms with E-state index in [9.17, 15) is 4.79 Å². The lowest BCUT2D eigenvalue weighted by Crippen LogP contribution is -2.02. The Morgan fingerprint density at radius 3 is 2.11 bits per heavy atom. The lowest BCUT2D eigenvalue weighted by molar-refractivity contribution is 0.104. The van der Waals surface area contributed by atoms with Gasteiger partial charge in [-0.3, -0.25) is 4.79 Å². The molecule has 4 nitrogen and oxygen atoms in total. The van der Waals surface area contributed by atoms with E-state index in [2.05, 4.69) is 5.32 Å². The third-order valence-electron chi connectivity index (χ3n) is 4.30. The molecule has 1 N–H and O–H groups in total. The van der Waals surface area contributed by atoms with Gasteiger partial charge in [0.25, 0.3) is 0 Å². The first kappa shape index (κ1) is 17.5. The molecule has 4 aromatic rings. The number of carbonyl (C=O) groups excluding carboxylic acids is 1. The van der Waals surface area contributed by atoms with E-state index in [4.69, 9.17) is 5.10 Å². The second kappa shape index (κ2) is 8.18. The number of aromatic nitrogens is 2. The maximum atomic E-state index is 12.3. The van der Waals surface area contributed by atoms with Crippen molar-refractivity contribution < 1.29 is 4.79 Å². The Morgan fingerprint density at radius 2 is 1.43 bits per heavy atom. The zero-order valence-corrected chi connectivity index (χ0v) is 15.2. The van der Waals surface area contributed by atoms with Crippen LogP contribution in [-0.2, 0) is 0 Å². The number of nitrogens with zero attached hydrogens (tertiary/aromatic N) is 2. The van der Waals surface area contributed by atoms with Gasteiger partial charge in [-0.15, -0.1) is 0 Å². The number of allylic oxidation sites excluding steroid dienone is 1. The number of carbonyl (C=O) groups is 1. The number of benzene rings is 3. The summed E-state index contributed by atoms with van der Waals surface area (Å²) in [5, 5.41) is 7.94. The van der Waals surface area contributed by atoms with Gasteiger partial charge in [0.15, 0.2) is 5.78 Å². The van der Waals surface area contributed by atoms with Gasteiger partial charge in [-0.1, -0.05) is 78.9 Å². The number of anilines is 1. The fourth-order valence-corrected chi connectivity index (χ4v) is 2.90. The Balaban J connectivity index is 1.63. The van der Waals surface area contributed by atoms with Gasteiger partial charge < -0.3 is 5.32 Å². The van der Waals surface area contributed by atoms with Crippen LogP contribution in [0, 0.1) is 0 Å². The fourth-order valence-electron chi connectivity index (χ4n) is 2.90. The molecule has 0 atom stereocenters. The second-order valence-corrected chi connectivity index (χ2v) is 6.24. The number of hydrogen-bond acceptors (Lipinski definition) is 3. The molecule has 1 aromatic heterocycles. The van der Waals surface area contributed by atoms with Gasteiger partial charge in [0.1, 0.15) is 5.82 Å². The van der Waals surface area contributed by atoms with E-state index in [1.807, 2.05) is 89.6 Å². The zero-order chi connectivity index (χ0) is 19.2. The van der Waals surface area contributed by atoms with Crippen molar-refractivity contribution in [1.82, 2.24) is 9.78 Å². The molecule has 4 heteroatoms. The van der Waals surface area contributed by atoms with Crippen LogP contribution < -0.4 is 5.32 Å². The fraction of sp³-hybridized carbons (Fsp3) is 0. The van der Waals surface area contributed by atoms with Gasteiger partial charge in [0, 0.05) is 29.5 Å². The molecule has 0 bridgehead atoms. The molecule has 1 heterocycles. The Hall–Kier alpha value is -3.92. The number of nitrogens with one attached hydrogen (secondary N) is 1. The first-order chi connectivity index (χ1) is 13.8. The normalized spacial score (nSPS) is 10.9. The topological polar surface area (TPSA) is 46.9 Å². The third-order valence-corrected chi connectivity index (χ3v) is 4.30. The summed E-state index contributed by atoms with van der Waals surface area (Å²) in [6.45, 7) is 0. The number of para-hydroxylation sites is 1. The smallest absolute Gasteiger partial charge is 0.187 e. The highest BCUT2D eigenvalue weighted by molar-refractivity contribution is 6.04. The van der Waals surface area contributed by atoms with Gasteiger partial charge in [-0.2, -0.15) is 5.10 Å². The van der Waals surface area contributed by atoms with Gasteiger partial charge in [-0.25, -0.2) is 4.68 Å². The van der Waals surface area contributed by atoms with Gasteiger partial charge in [0.05, 0.1) is 11.4 Å². The minimum Gasteiger partial charge on any atom is -0.346 e. The predicted octanol–water partition coefficient (Wildman–Crippen LogP) is 5.35. The van der Waals surface area contributed by atoms with Crippen molar-refractivity contribution in [1.29, 1.82) is 0 Å². The average Bonchev–Trinajstić information content (AvgIpc) is 3.20. The van der Waals surface area contributed by atoms with Crippen molar-refractivity contribution in [2.75, 3.05) is 5.32 Å². The first-order valence-electron chi connectivity index (χ1n) is 9.05. The molecule has 0 radical (unpaired) electrons. The summed E-state index contributed by atoms with van der Waals surface area (Å²) < 4.78 is 1.83. The third kappa shape index (κ3) is 3.91. The zero-order valence-electron chi connectivity index (χ0n) is 15.2. The Bertz CT molecular complexity index is 1080. The quantitative estimate of drug-likeness (QED) is 0.370. The van der Waals surface area contributed by atoms with Crippen molar-refractivity contribution >= 4 is 11.6 Å². The predicted molar refractivity (Wildman–Crippen MR) is 113 cm³/mol. The summed E-state index contributed by atoms with van der Waals surface area (Å²) >= 11 is 0. The van der Waals surface area contributed by atoms with Crippen LogP contribution in [0.4, 0.5) is 5.82 Å². The van der Waals surface area contributed by atoms with Crippen LogP contribution in [0.15, 0.2) is 109 Å². The molecule has 28 heavy (non-hydrogen) atoms.